The first-order valence-corrected chi connectivity index (χ1v) is 5.51. The quantitative estimate of drug-likeness (QED) is 0.859. The SMILES string of the molecule is COc1cccc(Cl)c1CC(N)C(C)C. The molecular weight excluding hydrogens is 210 g/mol. The van der Waals surface area contributed by atoms with Gasteiger partial charge in [-0.1, -0.05) is 31.5 Å². The molecule has 0 heterocycles. The molecule has 2 N–H and O–H groups in total. The lowest BCUT2D eigenvalue weighted by atomic mass is 9.97. The maximum Gasteiger partial charge on any atom is 0.123 e. The number of methoxy groups -OCH3 is 1. The molecule has 1 atom stereocenters. The topological polar surface area (TPSA) is 35.2 Å². The molecule has 1 aromatic rings. The standard InChI is InChI=1S/C12H18ClNO/c1-8(2)11(14)7-9-10(13)5-4-6-12(9)15-3/h4-6,8,11H,7,14H2,1-3H3. The molecule has 1 aromatic carbocycles. The molecular formula is C12H18ClNO. The van der Waals surface area contributed by atoms with Crippen molar-refractivity contribution in [1.29, 1.82) is 0 Å². The van der Waals surface area contributed by atoms with Gasteiger partial charge in [-0.25, -0.2) is 0 Å². The highest BCUT2D eigenvalue weighted by Gasteiger charge is 2.14. The summed E-state index contributed by atoms with van der Waals surface area (Å²) in [6, 6.07) is 5.77. The van der Waals surface area contributed by atoms with Gasteiger partial charge in [0.05, 0.1) is 7.11 Å². The van der Waals surface area contributed by atoms with Crippen LogP contribution in [0.4, 0.5) is 0 Å². The van der Waals surface area contributed by atoms with Crippen molar-refractivity contribution in [3.8, 4) is 5.75 Å². The Kier molecular flexibility index (Phi) is 4.43. The van der Waals surface area contributed by atoms with Crippen LogP contribution in [-0.2, 0) is 6.42 Å². The zero-order chi connectivity index (χ0) is 11.4. The third-order valence-electron chi connectivity index (χ3n) is 2.59. The fourth-order valence-electron chi connectivity index (χ4n) is 1.40. The van der Waals surface area contributed by atoms with Gasteiger partial charge < -0.3 is 10.5 Å². The van der Waals surface area contributed by atoms with E-state index in [1.807, 2.05) is 18.2 Å². The molecule has 0 aliphatic rings. The second-order valence-electron chi connectivity index (χ2n) is 4.03. The van der Waals surface area contributed by atoms with E-state index >= 15 is 0 Å². The second-order valence-corrected chi connectivity index (χ2v) is 4.44. The molecule has 1 rings (SSSR count). The minimum Gasteiger partial charge on any atom is -0.496 e. The predicted octanol–water partition coefficient (Wildman–Crippen LogP) is 2.87. The summed E-state index contributed by atoms with van der Waals surface area (Å²) in [7, 11) is 1.65. The van der Waals surface area contributed by atoms with Crippen molar-refractivity contribution in [2.75, 3.05) is 7.11 Å². The maximum absolute atomic E-state index is 6.12. The molecule has 0 fully saturated rings. The molecule has 0 aliphatic heterocycles. The number of rotatable bonds is 4. The monoisotopic (exact) mass is 227 g/mol. The molecule has 0 aliphatic carbocycles. The van der Waals surface area contributed by atoms with Gasteiger partial charge in [-0.15, -0.1) is 0 Å². The predicted molar refractivity (Wildman–Crippen MR) is 64.5 cm³/mol. The van der Waals surface area contributed by atoms with Crippen molar-refractivity contribution < 1.29 is 4.74 Å². The van der Waals surface area contributed by atoms with Crippen molar-refractivity contribution in [3.63, 3.8) is 0 Å². The van der Waals surface area contributed by atoms with Crippen molar-refractivity contribution in [1.82, 2.24) is 0 Å². The fourth-order valence-corrected chi connectivity index (χ4v) is 1.64. The second kappa shape index (κ2) is 5.38. The summed E-state index contributed by atoms with van der Waals surface area (Å²) in [6.07, 6.45) is 0.751. The van der Waals surface area contributed by atoms with E-state index in [1.165, 1.54) is 0 Å². The van der Waals surface area contributed by atoms with Crippen LogP contribution >= 0.6 is 11.6 Å². The Bertz CT molecular complexity index is 325. The van der Waals surface area contributed by atoms with E-state index in [0.717, 1.165) is 22.8 Å². The molecule has 0 saturated carbocycles. The Morgan fingerprint density at radius 3 is 2.60 bits per heavy atom. The molecule has 0 aromatic heterocycles. The molecule has 0 spiro atoms. The molecule has 0 saturated heterocycles. The van der Waals surface area contributed by atoms with Crippen LogP contribution in [0.3, 0.4) is 0 Å². The average molecular weight is 228 g/mol. The third-order valence-corrected chi connectivity index (χ3v) is 2.95. The summed E-state index contributed by atoms with van der Waals surface area (Å²) >= 11 is 6.12. The van der Waals surface area contributed by atoms with E-state index in [0.29, 0.717) is 5.92 Å². The van der Waals surface area contributed by atoms with Gasteiger partial charge in [-0.05, 0) is 24.5 Å². The summed E-state index contributed by atoms with van der Waals surface area (Å²) in [5, 5.41) is 0.727. The molecule has 15 heavy (non-hydrogen) atoms. The number of nitrogens with two attached hydrogens (primary N) is 1. The number of hydrogen-bond donors (Lipinski definition) is 1. The fraction of sp³-hybridized carbons (Fsp3) is 0.500. The van der Waals surface area contributed by atoms with Gasteiger partial charge in [0.15, 0.2) is 0 Å². The largest absolute Gasteiger partial charge is 0.496 e. The Hall–Kier alpha value is -0.730. The molecule has 0 bridgehead atoms. The molecule has 0 radical (unpaired) electrons. The summed E-state index contributed by atoms with van der Waals surface area (Å²) in [5.41, 5.74) is 7.03. The minimum absolute atomic E-state index is 0.110. The number of halogens is 1. The van der Waals surface area contributed by atoms with Crippen LogP contribution in [0.2, 0.25) is 5.02 Å². The van der Waals surface area contributed by atoms with E-state index in [9.17, 15) is 0 Å². The lowest BCUT2D eigenvalue weighted by Gasteiger charge is -2.18. The molecule has 84 valence electrons. The van der Waals surface area contributed by atoms with E-state index < -0.39 is 0 Å². The number of benzene rings is 1. The van der Waals surface area contributed by atoms with E-state index in [-0.39, 0.29) is 6.04 Å². The van der Waals surface area contributed by atoms with Gasteiger partial charge in [0, 0.05) is 16.6 Å². The Morgan fingerprint density at radius 1 is 1.40 bits per heavy atom. The summed E-state index contributed by atoms with van der Waals surface area (Å²) in [4.78, 5) is 0. The Balaban J connectivity index is 2.92. The maximum atomic E-state index is 6.12. The average Bonchev–Trinajstić information content (AvgIpc) is 2.20. The summed E-state index contributed by atoms with van der Waals surface area (Å²) in [6.45, 7) is 4.21. The molecule has 2 nitrogen and oxygen atoms in total. The van der Waals surface area contributed by atoms with Crippen LogP contribution < -0.4 is 10.5 Å². The first-order chi connectivity index (χ1) is 7.06. The van der Waals surface area contributed by atoms with Gasteiger partial charge >= 0.3 is 0 Å². The van der Waals surface area contributed by atoms with E-state index in [2.05, 4.69) is 13.8 Å². The lowest BCUT2D eigenvalue weighted by molar-refractivity contribution is 0.403. The van der Waals surface area contributed by atoms with Crippen molar-refractivity contribution in [2.45, 2.75) is 26.3 Å². The highest BCUT2D eigenvalue weighted by Crippen LogP contribution is 2.28. The van der Waals surface area contributed by atoms with Crippen LogP contribution in [0.25, 0.3) is 0 Å². The zero-order valence-electron chi connectivity index (χ0n) is 9.46. The van der Waals surface area contributed by atoms with Gasteiger partial charge in [-0.2, -0.15) is 0 Å². The summed E-state index contributed by atoms with van der Waals surface area (Å²) in [5.74, 6) is 1.25. The molecule has 1 unspecified atom stereocenters. The Morgan fingerprint density at radius 2 is 2.07 bits per heavy atom. The van der Waals surface area contributed by atoms with Gasteiger partial charge in [-0.3, -0.25) is 0 Å². The lowest BCUT2D eigenvalue weighted by Crippen LogP contribution is -2.29. The highest BCUT2D eigenvalue weighted by atomic mass is 35.5. The van der Waals surface area contributed by atoms with E-state index in [1.54, 1.807) is 7.11 Å². The van der Waals surface area contributed by atoms with E-state index in [4.69, 9.17) is 22.1 Å². The van der Waals surface area contributed by atoms with Crippen LogP contribution in [0, 0.1) is 5.92 Å². The number of hydrogen-bond acceptors (Lipinski definition) is 2. The summed E-state index contributed by atoms with van der Waals surface area (Å²) < 4.78 is 5.27. The third kappa shape index (κ3) is 3.11. The van der Waals surface area contributed by atoms with Crippen LogP contribution in [0.1, 0.15) is 19.4 Å². The molecule has 0 amide bonds. The highest BCUT2D eigenvalue weighted by molar-refractivity contribution is 6.31. The minimum atomic E-state index is 0.110. The Labute approximate surface area is 96.4 Å². The normalized spacial score (nSPS) is 12.9. The molecule has 3 heteroatoms. The first kappa shape index (κ1) is 12.3. The number of ether oxygens (including phenoxy) is 1. The van der Waals surface area contributed by atoms with Crippen LogP contribution in [0.15, 0.2) is 18.2 Å². The first-order valence-electron chi connectivity index (χ1n) is 5.13. The smallest absolute Gasteiger partial charge is 0.123 e. The van der Waals surface area contributed by atoms with Crippen molar-refractivity contribution in [3.05, 3.63) is 28.8 Å². The van der Waals surface area contributed by atoms with Gasteiger partial charge in [0.1, 0.15) is 5.75 Å². The zero-order valence-corrected chi connectivity index (χ0v) is 10.2. The van der Waals surface area contributed by atoms with Crippen molar-refractivity contribution >= 4 is 11.6 Å². The van der Waals surface area contributed by atoms with Crippen LogP contribution in [0.5, 0.6) is 5.75 Å². The van der Waals surface area contributed by atoms with Gasteiger partial charge in [0.2, 0.25) is 0 Å². The van der Waals surface area contributed by atoms with Crippen molar-refractivity contribution in [2.24, 2.45) is 11.7 Å². The van der Waals surface area contributed by atoms with Crippen LogP contribution in [-0.4, -0.2) is 13.2 Å². The van der Waals surface area contributed by atoms with Gasteiger partial charge in [0.25, 0.3) is 0 Å².